The Labute approximate surface area is 85.6 Å². The molecule has 0 heterocycles. The molecule has 0 aromatic carbocycles. The van der Waals surface area contributed by atoms with Crippen molar-refractivity contribution >= 4 is 5.78 Å². The van der Waals surface area contributed by atoms with Gasteiger partial charge in [-0.25, -0.2) is 0 Å². The predicted octanol–water partition coefficient (Wildman–Crippen LogP) is 2.85. The molecular formula is C12H17NO. The smallest absolute Gasteiger partial charge is 0.136 e. The molecule has 76 valence electrons. The minimum absolute atomic E-state index is 0.123. The van der Waals surface area contributed by atoms with E-state index in [-0.39, 0.29) is 5.92 Å². The number of ketones is 1. The van der Waals surface area contributed by atoms with Crippen LogP contribution in [0.15, 0.2) is 12.2 Å². The molecule has 1 fully saturated rings. The Morgan fingerprint density at radius 2 is 2.36 bits per heavy atom. The van der Waals surface area contributed by atoms with Gasteiger partial charge in [0.15, 0.2) is 0 Å². The summed E-state index contributed by atoms with van der Waals surface area (Å²) in [6, 6.07) is 2.17. The van der Waals surface area contributed by atoms with Gasteiger partial charge in [0.2, 0.25) is 0 Å². The molecule has 0 unspecified atom stereocenters. The lowest BCUT2D eigenvalue weighted by atomic mass is 9.92. The van der Waals surface area contributed by atoms with Gasteiger partial charge in [-0.05, 0) is 25.2 Å². The zero-order valence-electron chi connectivity index (χ0n) is 8.70. The fourth-order valence-corrected chi connectivity index (χ4v) is 2.07. The Morgan fingerprint density at radius 1 is 1.57 bits per heavy atom. The maximum atomic E-state index is 11.5. The maximum absolute atomic E-state index is 11.5. The number of carbonyl (C=O) groups excluding carboxylic acids is 1. The summed E-state index contributed by atoms with van der Waals surface area (Å²) in [5.74, 6) is 0.789. The molecule has 1 saturated carbocycles. The zero-order chi connectivity index (χ0) is 10.4. The monoisotopic (exact) mass is 193 g/mol. The quantitative estimate of drug-likeness (QED) is 0.644. The standard InChI is InChI=1S/C12H17NO/c1-2-3-4-5-11-10(8-9-13)6-7-12(11)14/h3-4,10-11H,2,5-8H2,1H3/b4-3-/t10-,11-/m0/s1/i9+2. The van der Waals surface area contributed by atoms with E-state index in [1.165, 1.54) is 0 Å². The fourth-order valence-electron chi connectivity index (χ4n) is 2.07. The van der Waals surface area contributed by atoms with Crippen LogP contribution < -0.4 is 0 Å². The third-order valence-electron chi connectivity index (χ3n) is 2.89. The number of allylic oxidation sites excluding steroid dienone is 2. The molecule has 0 aromatic rings. The second kappa shape index (κ2) is 5.59. The van der Waals surface area contributed by atoms with E-state index in [1.807, 2.05) is 0 Å². The number of carbonyl (C=O) groups is 1. The van der Waals surface area contributed by atoms with E-state index >= 15 is 0 Å². The highest BCUT2D eigenvalue weighted by Gasteiger charge is 2.33. The number of nitriles is 1. The fraction of sp³-hybridized carbons (Fsp3) is 0.667. The van der Waals surface area contributed by atoms with Crippen molar-refractivity contribution in [3.63, 3.8) is 0 Å². The summed E-state index contributed by atoms with van der Waals surface area (Å²) in [6.07, 6.45) is 8.15. The first-order chi connectivity index (χ1) is 6.79. The van der Waals surface area contributed by atoms with Gasteiger partial charge in [-0.3, -0.25) is 4.79 Å². The molecule has 1 aliphatic carbocycles. The van der Waals surface area contributed by atoms with Crippen LogP contribution in [0.25, 0.3) is 0 Å². The number of Topliss-reactive ketones (excluding diaryl/α,β-unsaturated/α-hetero) is 1. The second-order valence-electron chi connectivity index (χ2n) is 3.85. The maximum Gasteiger partial charge on any atom is 0.136 e. The van der Waals surface area contributed by atoms with Crippen molar-refractivity contribution in [2.24, 2.45) is 11.8 Å². The SMILES string of the molecule is CC/C=C\C[C@@H]1C(=O)CC[C@H]1C[14C]#N. The molecule has 0 N–H and O–H groups in total. The van der Waals surface area contributed by atoms with Gasteiger partial charge in [0.25, 0.3) is 0 Å². The van der Waals surface area contributed by atoms with E-state index in [0.717, 1.165) is 19.3 Å². The first kappa shape index (κ1) is 11.0. The molecule has 0 saturated heterocycles. The van der Waals surface area contributed by atoms with Gasteiger partial charge < -0.3 is 0 Å². The van der Waals surface area contributed by atoms with Crippen LogP contribution in [0.3, 0.4) is 0 Å². The van der Waals surface area contributed by atoms with Gasteiger partial charge in [0.05, 0.1) is 6.07 Å². The molecule has 2 atom stereocenters. The van der Waals surface area contributed by atoms with Crippen molar-refractivity contribution in [2.75, 3.05) is 0 Å². The Hall–Kier alpha value is -1.10. The molecule has 14 heavy (non-hydrogen) atoms. The normalized spacial score (nSPS) is 27.0. The predicted molar refractivity (Wildman–Crippen MR) is 55.5 cm³/mol. The third kappa shape index (κ3) is 2.70. The van der Waals surface area contributed by atoms with Crippen LogP contribution in [-0.2, 0) is 4.79 Å². The van der Waals surface area contributed by atoms with E-state index < -0.39 is 0 Å². The average molecular weight is 193 g/mol. The lowest BCUT2D eigenvalue weighted by Crippen LogP contribution is -2.13. The highest BCUT2D eigenvalue weighted by atomic mass is 16.1. The molecule has 0 amide bonds. The largest absolute Gasteiger partial charge is 0.299 e. The van der Waals surface area contributed by atoms with Crippen molar-refractivity contribution in [2.45, 2.75) is 39.0 Å². The Morgan fingerprint density at radius 3 is 3.00 bits per heavy atom. The summed E-state index contributed by atoms with van der Waals surface area (Å²) in [5.41, 5.74) is 0. The van der Waals surface area contributed by atoms with E-state index in [2.05, 4.69) is 25.1 Å². The Kier molecular flexibility index (Phi) is 4.39. The molecule has 2 heteroatoms. The summed E-state index contributed by atoms with van der Waals surface area (Å²) in [7, 11) is 0. The highest BCUT2D eigenvalue weighted by Crippen LogP contribution is 2.33. The Bertz CT molecular complexity index is 262. The minimum atomic E-state index is 0.123. The first-order valence-electron chi connectivity index (χ1n) is 5.34. The molecular weight excluding hydrogens is 176 g/mol. The van der Waals surface area contributed by atoms with Crippen LogP contribution in [0.2, 0.25) is 0 Å². The van der Waals surface area contributed by atoms with Crippen LogP contribution in [0.4, 0.5) is 0 Å². The molecule has 1 rings (SSSR count). The first-order valence-corrected chi connectivity index (χ1v) is 5.34. The van der Waals surface area contributed by atoms with E-state index in [9.17, 15) is 4.79 Å². The number of rotatable bonds is 4. The molecule has 0 spiro atoms. The molecule has 2 nitrogen and oxygen atoms in total. The van der Waals surface area contributed by atoms with Crippen LogP contribution >= 0.6 is 0 Å². The van der Waals surface area contributed by atoms with Gasteiger partial charge in [0.1, 0.15) is 5.78 Å². The van der Waals surface area contributed by atoms with Crippen LogP contribution in [0.1, 0.15) is 39.0 Å². The van der Waals surface area contributed by atoms with E-state index in [4.69, 9.17) is 5.26 Å². The summed E-state index contributed by atoms with van der Waals surface area (Å²) in [4.78, 5) is 11.5. The zero-order valence-corrected chi connectivity index (χ0v) is 8.70. The average Bonchev–Trinajstić information content (AvgIpc) is 2.50. The van der Waals surface area contributed by atoms with Gasteiger partial charge in [-0.2, -0.15) is 5.26 Å². The number of hydrogen-bond donors (Lipinski definition) is 0. The lowest BCUT2D eigenvalue weighted by Gasteiger charge is -2.12. The van der Waals surface area contributed by atoms with E-state index in [1.54, 1.807) is 0 Å². The molecule has 0 aromatic heterocycles. The highest BCUT2D eigenvalue weighted by molar-refractivity contribution is 5.83. The topological polar surface area (TPSA) is 40.9 Å². The van der Waals surface area contributed by atoms with Crippen LogP contribution in [-0.4, -0.2) is 5.78 Å². The van der Waals surface area contributed by atoms with Crippen LogP contribution in [0.5, 0.6) is 0 Å². The molecule has 1 aliphatic rings. The van der Waals surface area contributed by atoms with Gasteiger partial charge in [-0.15, -0.1) is 0 Å². The van der Waals surface area contributed by atoms with Gasteiger partial charge in [-0.1, -0.05) is 19.1 Å². The summed E-state index contributed by atoms with van der Waals surface area (Å²) in [6.45, 7) is 2.08. The van der Waals surface area contributed by atoms with Crippen molar-refractivity contribution in [1.29, 1.82) is 5.26 Å². The van der Waals surface area contributed by atoms with Gasteiger partial charge in [0, 0.05) is 18.8 Å². The van der Waals surface area contributed by atoms with E-state index in [0.29, 0.717) is 24.5 Å². The molecule has 0 bridgehead atoms. The summed E-state index contributed by atoms with van der Waals surface area (Å²) < 4.78 is 0. The molecule has 0 aliphatic heterocycles. The van der Waals surface area contributed by atoms with Crippen molar-refractivity contribution in [3.8, 4) is 6.07 Å². The third-order valence-corrected chi connectivity index (χ3v) is 2.89. The number of nitrogens with zero attached hydrogens (tertiary/aromatic N) is 1. The minimum Gasteiger partial charge on any atom is -0.299 e. The molecule has 0 radical (unpaired) electrons. The second-order valence-corrected chi connectivity index (χ2v) is 3.85. The number of hydrogen-bond acceptors (Lipinski definition) is 2. The summed E-state index contributed by atoms with van der Waals surface area (Å²) in [5, 5.41) is 8.62. The van der Waals surface area contributed by atoms with Crippen LogP contribution in [0, 0.1) is 23.2 Å². The lowest BCUT2D eigenvalue weighted by molar-refractivity contribution is -0.121. The van der Waals surface area contributed by atoms with Crippen molar-refractivity contribution < 1.29 is 4.79 Å². The summed E-state index contributed by atoms with van der Waals surface area (Å²) >= 11 is 0. The van der Waals surface area contributed by atoms with Crippen molar-refractivity contribution in [1.82, 2.24) is 0 Å². The van der Waals surface area contributed by atoms with Crippen molar-refractivity contribution in [3.05, 3.63) is 12.2 Å². The Balaban J connectivity index is 2.50. The van der Waals surface area contributed by atoms with Gasteiger partial charge >= 0.3 is 0 Å².